The number of anilines is 1. The van der Waals surface area contributed by atoms with Crippen molar-refractivity contribution in [2.24, 2.45) is 17.8 Å². The van der Waals surface area contributed by atoms with E-state index in [0.29, 0.717) is 0 Å². The van der Waals surface area contributed by atoms with Crippen LogP contribution in [0.15, 0.2) is 59.9 Å². The van der Waals surface area contributed by atoms with Gasteiger partial charge in [-0.2, -0.15) is 0 Å². The molecule has 8 nitrogen and oxygen atoms in total. The van der Waals surface area contributed by atoms with Gasteiger partial charge in [-0.25, -0.2) is 26.2 Å². The molecule has 3 aliphatic carbocycles. The van der Waals surface area contributed by atoms with Crippen molar-refractivity contribution in [2.75, 3.05) is 5.32 Å². The lowest BCUT2D eigenvalue weighted by atomic mass is 9.61. The summed E-state index contributed by atoms with van der Waals surface area (Å²) in [6.07, 6.45) is 6.68. The topological polar surface area (TPSA) is 114 Å². The molecule has 3 aliphatic rings. The summed E-state index contributed by atoms with van der Waals surface area (Å²) in [5, 5.41) is 13.2. The number of fused-ring (bicyclic) bond motifs is 4. The fraction of sp³-hybridized carbons (Fsp3) is 0.321. The minimum Gasteiger partial charge on any atom is -0.481 e. The molecular formula is C28H26F2N4O4S. The van der Waals surface area contributed by atoms with E-state index in [4.69, 9.17) is 0 Å². The lowest BCUT2D eigenvalue weighted by Gasteiger charge is -2.47. The first-order chi connectivity index (χ1) is 18.6. The van der Waals surface area contributed by atoms with Crippen molar-refractivity contribution in [1.29, 1.82) is 0 Å². The highest BCUT2D eigenvalue weighted by molar-refractivity contribution is 7.90. The number of hydrogen-bond acceptors (Lipinski definition) is 6. The van der Waals surface area contributed by atoms with Gasteiger partial charge in [-0.3, -0.25) is 9.78 Å². The van der Waals surface area contributed by atoms with Gasteiger partial charge >= 0.3 is 5.97 Å². The Labute approximate surface area is 223 Å². The van der Waals surface area contributed by atoms with Crippen LogP contribution >= 0.6 is 0 Å². The Kier molecular flexibility index (Phi) is 6.13. The molecule has 2 atom stereocenters. The van der Waals surface area contributed by atoms with Crippen LogP contribution in [-0.2, 0) is 14.8 Å². The van der Waals surface area contributed by atoms with Crippen LogP contribution in [0.3, 0.4) is 0 Å². The van der Waals surface area contributed by atoms with E-state index in [1.54, 1.807) is 12.1 Å². The van der Waals surface area contributed by atoms with Gasteiger partial charge in [0.1, 0.15) is 5.82 Å². The zero-order valence-electron chi connectivity index (χ0n) is 21.0. The Bertz CT molecular complexity index is 1700. The van der Waals surface area contributed by atoms with E-state index >= 15 is 0 Å². The van der Waals surface area contributed by atoms with Gasteiger partial charge in [0.25, 0.3) is 10.0 Å². The molecule has 0 aliphatic heterocycles. The fourth-order valence-corrected chi connectivity index (χ4v) is 7.48. The van der Waals surface area contributed by atoms with Crippen LogP contribution in [0.1, 0.15) is 31.2 Å². The summed E-state index contributed by atoms with van der Waals surface area (Å²) >= 11 is 0. The zero-order chi connectivity index (χ0) is 27.5. The molecule has 39 heavy (non-hydrogen) atoms. The van der Waals surface area contributed by atoms with Crippen LogP contribution in [0.5, 0.6) is 0 Å². The van der Waals surface area contributed by atoms with Gasteiger partial charge < -0.3 is 10.4 Å². The van der Waals surface area contributed by atoms with Crippen molar-refractivity contribution in [3.63, 3.8) is 0 Å². The number of halogens is 2. The van der Waals surface area contributed by atoms with E-state index in [9.17, 15) is 27.1 Å². The largest absolute Gasteiger partial charge is 0.481 e. The predicted octanol–water partition coefficient (Wildman–Crippen LogP) is 5.22. The average Bonchev–Trinajstić information content (AvgIpc) is 3.30. The lowest BCUT2D eigenvalue weighted by Crippen LogP contribution is -2.51. The molecule has 7 rings (SSSR count). The van der Waals surface area contributed by atoms with Crippen LogP contribution in [-0.4, -0.2) is 39.5 Å². The van der Waals surface area contributed by atoms with Crippen molar-refractivity contribution in [3.8, 4) is 11.3 Å². The van der Waals surface area contributed by atoms with Gasteiger partial charge in [-0.05, 0) is 68.7 Å². The van der Waals surface area contributed by atoms with Crippen molar-refractivity contribution in [2.45, 2.75) is 43.5 Å². The third-order valence-corrected chi connectivity index (χ3v) is 9.78. The number of carboxylic acid groups (broad SMARTS) is 1. The molecule has 11 heteroatoms. The number of benzene rings is 1. The van der Waals surface area contributed by atoms with E-state index in [-0.39, 0.29) is 44.7 Å². The predicted molar refractivity (Wildman–Crippen MR) is 141 cm³/mol. The molecule has 4 aromatic rings. The Morgan fingerprint density at radius 1 is 1.03 bits per heavy atom. The highest BCUT2D eigenvalue weighted by atomic mass is 32.2. The molecule has 3 saturated carbocycles. The lowest BCUT2D eigenvalue weighted by molar-refractivity contribution is -0.148. The molecule has 3 heterocycles. The second-order valence-corrected chi connectivity index (χ2v) is 12.3. The minimum absolute atomic E-state index is 0.00291. The van der Waals surface area contributed by atoms with Crippen LogP contribution in [0, 0.1) is 36.3 Å². The number of carboxylic acids is 1. The van der Waals surface area contributed by atoms with Gasteiger partial charge in [0.05, 0.1) is 34.6 Å². The highest BCUT2D eigenvalue weighted by Crippen LogP contribution is 2.46. The second-order valence-electron chi connectivity index (χ2n) is 10.4. The number of aromatic nitrogens is 3. The summed E-state index contributed by atoms with van der Waals surface area (Å²) in [6, 6.07) is 8.45. The molecule has 202 valence electrons. The third-order valence-electron chi connectivity index (χ3n) is 8.11. The normalized spacial score (nSPS) is 22.7. The molecule has 0 spiro atoms. The first kappa shape index (κ1) is 25.4. The molecule has 0 radical (unpaired) electrons. The molecule has 2 unspecified atom stereocenters. The minimum atomic E-state index is -4.10. The van der Waals surface area contributed by atoms with Crippen LogP contribution in [0.25, 0.3) is 22.3 Å². The molecule has 3 aromatic heterocycles. The number of carbonyl (C=O) groups is 1. The monoisotopic (exact) mass is 552 g/mol. The number of aryl methyl sites for hydroxylation is 1. The fourth-order valence-electron chi connectivity index (χ4n) is 6.15. The van der Waals surface area contributed by atoms with E-state index in [1.165, 1.54) is 24.4 Å². The Morgan fingerprint density at radius 2 is 1.72 bits per heavy atom. The van der Waals surface area contributed by atoms with E-state index in [0.717, 1.165) is 53.7 Å². The number of hydrogen-bond donors (Lipinski definition) is 2. The van der Waals surface area contributed by atoms with E-state index in [2.05, 4.69) is 15.3 Å². The van der Waals surface area contributed by atoms with Crippen LogP contribution < -0.4 is 5.32 Å². The Morgan fingerprint density at radius 3 is 2.41 bits per heavy atom. The molecule has 2 bridgehead atoms. The number of nitrogens with zero attached hydrogens (tertiary/aromatic N) is 3. The van der Waals surface area contributed by atoms with Crippen molar-refractivity contribution < 1.29 is 27.1 Å². The summed E-state index contributed by atoms with van der Waals surface area (Å²) in [5.41, 5.74) is 1.40. The first-order valence-corrected chi connectivity index (χ1v) is 14.2. The van der Waals surface area contributed by atoms with Crippen molar-refractivity contribution in [3.05, 3.63) is 72.2 Å². The number of rotatable bonds is 6. The molecule has 0 saturated heterocycles. The van der Waals surface area contributed by atoms with E-state index < -0.39 is 39.6 Å². The highest BCUT2D eigenvalue weighted by Gasteiger charge is 2.47. The van der Waals surface area contributed by atoms with Crippen molar-refractivity contribution >= 4 is 32.7 Å². The molecule has 1 aromatic carbocycles. The zero-order valence-corrected chi connectivity index (χ0v) is 21.8. The van der Waals surface area contributed by atoms with Gasteiger partial charge in [-0.1, -0.05) is 17.7 Å². The second kappa shape index (κ2) is 9.41. The maximum atomic E-state index is 15.0. The van der Waals surface area contributed by atoms with E-state index in [1.807, 2.05) is 6.92 Å². The Balaban J connectivity index is 1.44. The van der Waals surface area contributed by atoms with Crippen LogP contribution in [0.2, 0.25) is 0 Å². The standard InChI is InChI=1S/C28H26F2N4O4S/c1-15-2-8-19(9-3-15)39(37,38)34-14-21(20-10-18(29)12-32-27(20)34)23-11-24(22(30)13-31-23)33-26-17-6-4-16(5-7-17)25(26)28(35)36/h2-3,8-14,16-17,25-26H,4-7H2,1H3,(H,31,33)(H,35,36). The maximum absolute atomic E-state index is 15.0. The van der Waals surface area contributed by atoms with Gasteiger partial charge in [-0.15, -0.1) is 0 Å². The summed E-state index contributed by atoms with van der Waals surface area (Å²) < 4.78 is 57.3. The average molecular weight is 553 g/mol. The summed E-state index contributed by atoms with van der Waals surface area (Å²) in [6.45, 7) is 1.84. The first-order valence-electron chi connectivity index (χ1n) is 12.8. The van der Waals surface area contributed by atoms with Gasteiger partial charge in [0.15, 0.2) is 11.5 Å². The molecular weight excluding hydrogens is 526 g/mol. The van der Waals surface area contributed by atoms with Crippen molar-refractivity contribution in [1.82, 2.24) is 13.9 Å². The van der Waals surface area contributed by atoms with Gasteiger partial charge in [0, 0.05) is 23.2 Å². The Hall–Kier alpha value is -3.86. The third kappa shape index (κ3) is 4.34. The summed E-state index contributed by atoms with van der Waals surface area (Å²) in [4.78, 5) is 20.3. The number of pyridine rings is 2. The van der Waals surface area contributed by atoms with Gasteiger partial charge in [0.2, 0.25) is 0 Å². The molecule has 2 N–H and O–H groups in total. The smallest absolute Gasteiger partial charge is 0.308 e. The SMILES string of the molecule is Cc1ccc(S(=O)(=O)n2cc(-c3cc(NC4C5CCC(CC5)C4C(=O)O)c(F)cn3)c3cc(F)cnc32)cc1. The molecule has 3 fully saturated rings. The summed E-state index contributed by atoms with van der Waals surface area (Å²) in [5.74, 6) is -2.72. The summed E-state index contributed by atoms with van der Waals surface area (Å²) in [7, 11) is -4.10. The molecule has 0 amide bonds. The number of nitrogens with one attached hydrogen (secondary N) is 1. The maximum Gasteiger partial charge on any atom is 0.308 e. The number of aliphatic carboxylic acids is 1. The quantitative estimate of drug-likeness (QED) is 0.337. The van der Waals surface area contributed by atoms with Crippen LogP contribution in [0.4, 0.5) is 14.5 Å².